The lowest BCUT2D eigenvalue weighted by Gasteiger charge is -2.37. The molecule has 3 aromatic rings. The summed E-state index contributed by atoms with van der Waals surface area (Å²) in [6.45, 7) is 0. The number of aromatic nitrogens is 2. The van der Waals surface area contributed by atoms with Gasteiger partial charge in [-0.1, -0.05) is 73.5 Å². The van der Waals surface area contributed by atoms with E-state index in [0.29, 0.717) is 0 Å². The van der Waals surface area contributed by atoms with Crippen molar-refractivity contribution in [3.63, 3.8) is 0 Å². The molecule has 0 N–H and O–H groups in total. The Bertz CT molecular complexity index is 679. The van der Waals surface area contributed by atoms with Crippen molar-refractivity contribution < 1.29 is 0 Å². The molecule has 0 spiro atoms. The maximum Gasteiger partial charge on any atom is 0.0953 e. The van der Waals surface area contributed by atoms with Crippen molar-refractivity contribution in [3.8, 4) is 0 Å². The van der Waals surface area contributed by atoms with E-state index in [4.69, 9.17) is 0 Å². The van der Waals surface area contributed by atoms with E-state index in [1.54, 1.807) is 0 Å². The minimum absolute atomic E-state index is 0.0137. The zero-order chi connectivity index (χ0) is 14.8. The summed E-state index contributed by atoms with van der Waals surface area (Å²) in [6, 6.07) is 22.0. The molecule has 0 aliphatic heterocycles. The third kappa shape index (κ3) is 2.31. The molecule has 0 saturated heterocycles. The highest BCUT2D eigenvalue weighted by molar-refractivity contribution is 6.44. The van der Waals surface area contributed by atoms with Crippen molar-refractivity contribution in [2.75, 3.05) is 0 Å². The smallest absolute Gasteiger partial charge is 0.0953 e. The quantitative estimate of drug-likeness (QED) is 0.661. The molecule has 1 aromatic heterocycles. The van der Waals surface area contributed by atoms with E-state index in [9.17, 15) is 0 Å². The van der Waals surface area contributed by atoms with Crippen LogP contribution in [0.3, 0.4) is 0 Å². The SMILES string of the molecule is c1ccc(C([SiH2]C2CC2)(c2ccccc2)n2ccnc2)cc1. The van der Waals surface area contributed by atoms with E-state index in [-0.39, 0.29) is 14.7 Å². The van der Waals surface area contributed by atoms with Gasteiger partial charge < -0.3 is 4.57 Å². The molecule has 0 bridgehead atoms. The highest BCUT2D eigenvalue weighted by Crippen LogP contribution is 2.44. The number of benzene rings is 2. The Morgan fingerprint density at radius 2 is 1.50 bits per heavy atom. The van der Waals surface area contributed by atoms with Crippen molar-refractivity contribution in [3.05, 3.63) is 90.5 Å². The number of imidazole rings is 1. The molecule has 1 saturated carbocycles. The lowest BCUT2D eigenvalue weighted by Crippen LogP contribution is -2.41. The zero-order valence-electron chi connectivity index (χ0n) is 12.6. The summed E-state index contributed by atoms with van der Waals surface area (Å²) in [7, 11) is -0.378. The van der Waals surface area contributed by atoms with Crippen molar-refractivity contribution in [2.45, 2.75) is 23.5 Å². The van der Waals surface area contributed by atoms with Gasteiger partial charge in [0.1, 0.15) is 0 Å². The molecule has 22 heavy (non-hydrogen) atoms. The molecule has 0 radical (unpaired) electrons. The minimum atomic E-state index is -0.378. The van der Waals surface area contributed by atoms with Crippen LogP contribution in [0.2, 0.25) is 5.54 Å². The molecule has 0 unspecified atom stereocenters. The Labute approximate surface area is 133 Å². The van der Waals surface area contributed by atoms with Gasteiger partial charge >= 0.3 is 0 Å². The van der Waals surface area contributed by atoms with Crippen molar-refractivity contribution in [2.24, 2.45) is 0 Å². The summed E-state index contributed by atoms with van der Waals surface area (Å²) in [5, 5.41) is -0.0137. The van der Waals surface area contributed by atoms with Gasteiger partial charge in [-0.2, -0.15) is 0 Å². The van der Waals surface area contributed by atoms with E-state index >= 15 is 0 Å². The molecular formula is C19H20N2Si. The van der Waals surface area contributed by atoms with Crippen molar-refractivity contribution in [1.82, 2.24) is 9.55 Å². The minimum Gasteiger partial charge on any atom is -0.327 e. The fourth-order valence-corrected chi connectivity index (χ4v) is 6.28. The third-order valence-corrected chi connectivity index (χ3v) is 7.90. The summed E-state index contributed by atoms with van der Waals surface area (Å²) >= 11 is 0. The first-order valence-electron chi connectivity index (χ1n) is 7.99. The Kier molecular flexibility index (Phi) is 3.43. The van der Waals surface area contributed by atoms with Crippen LogP contribution >= 0.6 is 0 Å². The standard InChI is InChI=1S/C19H20N2Si/c1-3-7-16(8-4-1)19(22-18-11-12-18,21-14-13-20-15-21)17-9-5-2-6-10-17/h1-10,13-15,18H,11-12,22H2. The number of hydrogen-bond acceptors (Lipinski definition) is 1. The second-order valence-electron chi connectivity index (χ2n) is 6.21. The first kappa shape index (κ1) is 13.5. The number of rotatable bonds is 5. The first-order chi connectivity index (χ1) is 10.9. The molecule has 1 aliphatic carbocycles. The van der Waals surface area contributed by atoms with E-state index in [1.165, 1.54) is 24.0 Å². The summed E-state index contributed by atoms with van der Waals surface area (Å²) < 4.78 is 2.35. The average molecular weight is 304 g/mol. The Morgan fingerprint density at radius 1 is 0.909 bits per heavy atom. The van der Waals surface area contributed by atoms with E-state index < -0.39 is 0 Å². The van der Waals surface area contributed by atoms with Crippen LogP contribution in [-0.4, -0.2) is 19.1 Å². The lowest BCUT2D eigenvalue weighted by atomic mass is 9.97. The molecule has 110 valence electrons. The van der Waals surface area contributed by atoms with Crippen molar-refractivity contribution in [1.29, 1.82) is 0 Å². The van der Waals surface area contributed by atoms with Gasteiger partial charge in [-0.25, -0.2) is 4.98 Å². The van der Waals surface area contributed by atoms with Crippen LogP contribution in [-0.2, 0) is 5.16 Å². The predicted molar refractivity (Wildman–Crippen MR) is 92.8 cm³/mol. The van der Waals surface area contributed by atoms with Gasteiger partial charge in [0.15, 0.2) is 0 Å². The molecule has 2 nitrogen and oxygen atoms in total. The second-order valence-corrected chi connectivity index (χ2v) is 8.80. The molecule has 1 fully saturated rings. The second kappa shape index (κ2) is 5.58. The predicted octanol–water partition coefficient (Wildman–Crippen LogP) is 3.38. The normalized spacial score (nSPS) is 15.5. The van der Waals surface area contributed by atoms with E-state index in [1.807, 2.05) is 12.5 Å². The maximum absolute atomic E-state index is 4.35. The highest BCUT2D eigenvalue weighted by Gasteiger charge is 2.41. The van der Waals surface area contributed by atoms with E-state index in [0.717, 1.165) is 5.54 Å². The van der Waals surface area contributed by atoms with Crippen LogP contribution < -0.4 is 0 Å². The summed E-state index contributed by atoms with van der Waals surface area (Å²) in [5.41, 5.74) is 3.75. The van der Waals surface area contributed by atoms with Gasteiger partial charge in [-0.3, -0.25) is 0 Å². The molecule has 0 atom stereocenters. The van der Waals surface area contributed by atoms with E-state index in [2.05, 4.69) is 76.4 Å². The molecule has 4 rings (SSSR count). The van der Waals surface area contributed by atoms with Crippen LogP contribution in [0.5, 0.6) is 0 Å². The maximum atomic E-state index is 4.35. The Hall–Kier alpha value is -2.13. The summed E-state index contributed by atoms with van der Waals surface area (Å²) in [5.74, 6) is 0. The van der Waals surface area contributed by atoms with Gasteiger partial charge in [-0.05, 0) is 16.7 Å². The topological polar surface area (TPSA) is 17.8 Å². The molecule has 0 amide bonds. The summed E-state index contributed by atoms with van der Waals surface area (Å²) in [4.78, 5) is 4.35. The molecule has 2 aromatic carbocycles. The first-order valence-corrected chi connectivity index (χ1v) is 9.51. The fourth-order valence-electron chi connectivity index (χ4n) is 3.46. The Morgan fingerprint density at radius 3 is 1.95 bits per heavy atom. The van der Waals surface area contributed by atoms with Crippen LogP contribution in [0.4, 0.5) is 0 Å². The Balaban J connectivity index is 1.95. The number of hydrogen-bond donors (Lipinski definition) is 0. The average Bonchev–Trinajstić information content (AvgIpc) is 3.24. The van der Waals surface area contributed by atoms with Crippen LogP contribution in [0, 0.1) is 0 Å². The van der Waals surface area contributed by atoms with Crippen LogP contribution in [0.25, 0.3) is 0 Å². The largest absolute Gasteiger partial charge is 0.327 e. The molecule has 1 heterocycles. The molecule has 3 heteroatoms. The fraction of sp³-hybridized carbons (Fsp3) is 0.211. The third-order valence-electron chi connectivity index (χ3n) is 4.73. The monoisotopic (exact) mass is 304 g/mol. The van der Waals surface area contributed by atoms with Gasteiger partial charge in [0, 0.05) is 12.4 Å². The van der Waals surface area contributed by atoms with Gasteiger partial charge in [0.2, 0.25) is 0 Å². The van der Waals surface area contributed by atoms with Crippen molar-refractivity contribution >= 4 is 9.52 Å². The zero-order valence-corrected chi connectivity index (χ0v) is 14.0. The van der Waals surface area contributed by atoms with Crippen LogP contribution in [0.15, 0.2) is 79.4 Å². The highest BCUT2D eigenvalue weighted by atomic mass is 28.2. The lowest BCUT2D eigenvalue weighted by molar-refractivity contribution is 0.590. The molecule has 1 aliphatic rings. The van der Waals surface area contributed by atoms with Gasteiger partial charge in [0.25, 0.3) is 0 Å². The summed E-state index contributed by atoms with van der Waals surface area (Å²) in [6.07, 6.45) is 8.84. The van der Waals surface area contributed by atoms with Crippen LogP contribution in [0.1, 0.15) is 24.0 Å². The van der Waals surface area contributed by atoms with Gasteiger partial charge in [-0.15, -0.1) is 0 Å². The molecular weight excluding hydrogens is 284 g/mol. The van der Waals surface area contributed by atoms with Gasteiger partial charge in [0.05, 0.1) is 21.0 Å². The number of nitrogens with zero attached hydrogens (tertiary/aromatic N) is 2.